The van der Waals surface area contributed by atoms with Crippen molar-refractivity contribution >= 4 is 16.9 Å². The van der Waals surface area contributed by atoms with Crippen LogP contribution in [0.15, 0.2) is 59.4 Å². The van der Waals surface area contributed by atoms with Crippen molar-refractivity contribution in [2.45, 2.75) is 25.0 Å². The average Bonchev–Trinajstić information content (AvgIpc) is 3.35. The molecule has 1 saturated carbocycles. The van der Waals surface area contributed by atoms with Crippen LogP contribution in [0, 0.1) is 5.82 Å². The summed E-state index contributed by atoms with van der Waals surface area (Å²) in [4.78, 5) is 16.9. The Kier molecular flexibility index (Phi) is 4.59. The van der Waals surface area contributed by atoms with Gasteiger partial charge in [0.25, 0.3) is 5.91 Å². The fourth-order valence-corrected chi connectivity index (χ4v) is 3.24. The van der Waals surface area contributed by atoms with Crippen LogP contribution in [-0.2, 0) is 12.1 Å². The van der Waals surface area contributed by atoms with Crippen LogP contribution in [0.5, 0.6) is 11.6 Å². The average molecular weight is 422 g/mol. The number of hydrogen-bond acceptors (Lipinski definition) is 7. The van der Waals surface area contributed by atoms with Crippen molar-refractivity contribution < 1.29 is 25.1 Å². The molecule has 2 aromatic carbocycles. The minimum absolute atomic E-state index is 0. The van der Waals surface area contributed by atoms with Gasteiger partial charge in [0.15, 0.2) is 0 Å². The van der Waals surface area contributed by atoms with Crippen LogP contribution in [0.25, 0.3) is 11.0 Å². The summed E-state index contributed by atoms with van der Waals surface area (Å²) in [5.74, 6) is -0.426. The van der Waals surface area contributed by atoms with Crippen LogP contribution >= 0.6 is 0 Å². The molecule has 1 fully saturated rings. The van der Waals surface area contributed by atoms with Crippen molar-refractivity contribution in [1.29, 1.82) is 0 Å². The molecule has 0 spiro atoms. The number of nitrogens with one attached hydrogen (secondary N) is 1. The molecule has 8 nitrogen and oxygen atoms in total. The molecular formula is C22H19FN4O4. The summed E-state index contributed by atoms with van der Waals surface area (Å²) < 4.78 is 24.8. The second-order valence-electron chi connectivity index (χ2n) is 7.39. The molecule has 31 heavy (non-hydrogen) atoms. The molecule has 0 bridgehead atoms. The molecule has 0 unspecified atom stereocenters. The lowest BCUT2D eigenvalue weighted by atomic mass is 10.0. The van der Waals surface area contributed by atoms with Gasteiger partial charge in [-0.2, -0.15) is 0 Å². The maximum atomic E-state index is 14.4. The highest BCUT2D eigenvalue weighted by molar-refractivity contribution is 5.96. The smallest absolute Gasteiger partial charge is 0.257 e. The third kappa shape index (κ3) is 3.82. The number of carbonyl (C=O) groups is 1. The fourth-order valence-electron chi connectivity index (χ4n) is 3.24. The minimum Gasteiger partial charge on any atom is -0.438 e. The fraction of sp³-hybridized carbons (Fsp3) is 0.182. The summed E-state index contributed by atoms with van der Waals surface area (Å²) >= 11 is 0. The van der Waals surface area contributed by atoms with Crippen molar-refractivity contribution in [3.05, 3.63) is 77.2 Å². The number of pyridine rings is 1. The molecule has 0 aliphatic heterocycles. The highest BCUT2D eigenvalue weighted by Crippen LogP contribution is 2.45. The highest BCUT2D eigenvalue weighted by Gasteiger charge is 2.42. The Labute approximate surface area is 177 Å². The number of ether oxygens (including phenoxy) is 1. The van der Waals surface area contributed by atoms with E-state index in [2.05, 4.69) is 25.2 Å². The van der Waals surface area contributed by atoms with Gasteiger partial charge < -0.3 is 15.2 Å². The third-order valence-corrected chi connectivity index (χ3v) is 5.21. The summed E-state index contributed by atoms with van der Waals surface area (Å²) in [5, 5.41) is 20.3. The SMILES string of the molecule is O=C(NCc1ccc(C2(O)CC2)cc1F)c1cccnc1Oc1ccc2nonc2c1.[HH]. The Bertz CT molecular complexity index is 1290. The van der Waals surface area contributed by atoms with Crippen LogP contribution in [-0.4, -0.2) is 26.3 Å². The van der Waals surface area contributed by atoms with E-state index in [1.807, 2.05) is 0 Å². The normalized spacial score (nSPS) is 14.4. The van der Waals surface area contributed by atoms with E-state index in [1.165, 1.54) is 12.3 Å². The number of fused-ring (bicyclic) bond motifs is 1. The molecule has 4 aromatic rings. The lowest BCUT2D eigenvalue weighted by Crippen LogP contribution is -2.24. The van der Waals surface area contributed by atoms with Crippen LogP contribution in [0.1, 0.15) is 35.8 Å². The van der Waals surface area contributed by atoms with Crippen molar-refractivity contribution in [2.75, 3.05) is 0 Å². The van der Waals surface area contributed by atoms with Gasteiger partial charge in [0.2, 0.25) is 5.88 Å². The van der Waals surface area contributed by atoms with Gasteiger partial charge in [-0.3, -0.25) is 4.79 Å². The monoisotopic (exact) mass is 422 g/mol. The first-order chi connectivity index (χ1) is 15.0. The van der Waals surface area contributed by atoms with Crippen LogP contribution in [0.2, 0.25) is 0 Å². The second kappa shape index (κ2) is 7.44. The highest BCUT2D eigenvalue weighted by atomic mass is 19.1. The molecule has 2 heterocycles. The number of carbonyl (C=O) groups excluding carboxylic acids is 1. The van der Waals surface area contributed by atoms with Gasteiger partial charge in [-0.1, -0.05) is 12.1 Å². The van der Waals surface area contributed by atoms with E-state index in [1.54, 1.807) is 42.5 Å². The number of amides is 1. The Morgan fingerprint density at radius 3 is 2.84 bits per heavy atom. The number of aliphatic hydroxyl groups is 1. The Morgan fingerprint density at radius 2 is 2.03 bits per heavy atom. The first kappa shape index (κ1) is 19.1. The summed E-state index contributed by atoms with van der Waals surface area (Å²) in [7, 11) is 0. The van der Waals surface area contributed by atoms with E-state index in [-0.39, 0.29) is 19.4 Å². The number of aromatic nitrogens is 3. The molecule has 0 radical (unpaired) electrons. The lowest BCUT2D eigenvalue weighted by Gasteiger charge is -2.12. The van der Waals surface area contributed by atoms with E-state index in [0.29, 0.717) is 40.8 Å². The zero-order chi connectivity index (χ0) is 21.4. The van der Waals surface area contributed by atoms with Crippen molar-refractivity contribution in [1.82, 2.24) is 20.6 Å². The van der Waals surface area contributed by atoms with E-state index >= 15 is 0 Å². The van der Waals surface area contributed by atoms with Gasteiger partial charge in [-0.05, 0) is 59.1 Å². The number of benzene rings is 2. The van der Waals surface area contributed by atoms with Crippen molar-refractivity contribution in [2.24, 2.45) is 0 Å². The quantitative estimate of drug-likeness (QED) is 0.487. The van der Waals surface area contributed by atoms with Gasteiger partial charge >= 0.3 is 0 Å². The van der Waals surface area contributed by atoms with E-state index < -0.39 is 17.3 Å². The largest absolute Gasteiger partial charge is 0.438 e. The molecular weight excluding hydrogens is 403 g/mol. The van der Waals surface area contributed by atoms with Crippen molar-refractivity contribution in [3.63, 3.8) is 0 Å². The molecule has 5 rings (SSSR count). The van der Waals surface area contributed by atoms with Gasteiger partial charge in [-0.15, -0.1) is 0 Å². The lowest BCUT2D eigenvalue weighted by molar-refractivity contribution is 0.0947. The van der Waals surface area contributed by atoms with Gasteiger partial charge in [0.1, 0.15) is 28.2 Å². The first-order valence-corrected chi connectivity index (χ1v) is 9.66. The molecule has 1 amide bonds. The van der Waals surface area contributed by atoms with E-state index in [4.69, 9.17) is 4.74 Å². The zero-order valence-corrected chi connectivity index (χ0v) is 16.2. The number of rotatable bonds is 6. The maximum Gasteiger partial charge on any atom is 0.257 e. The summed E-state index contributed by atoms with van der Waals surface area (Å²) in [6.45, 7) is -0.0196. The minimum atomic E-state index is -0.907. The molecule has 0 saturated heterocycles. The Hall–Kier alpha value is -3.85. The van der Waals surface area contributed by atoms with Crippen LogP contribution < -0.4 is 10.1 Å². The predicted octanol–water partition coefficient (Wildman–Crippen LogP) is 3.71. The number of hydrogen-bond donors (Lipinski definition) is 2. The Morgan fingerprint density at radius 1 is 1.19 bits per heavy atom. The molecule has 2 aromatic heterocycles. The molecule has 9 heteroatoms. The zero-order valence-electron chi connectivity index (χ0n) is 16.2. The van der Waals surface area contributed by atoms with Crippen molar-refractivity contribution in [3.8, 4) is 11.6 Å². The van der Waals surface area contributed by atoms with Gasteiger partial charge in [-0.25, -0.2) is 14.0 Å². The first-order valence-electron chi connectivity index (χ1n) is 9.66. The number of halogens is 1. The van der Waals surface area contributed by atoms with Gasteiger partial charge in [0.05, 0.1) is 5.60 Å². The van der Waals surface area contributed by atoms with E-state index in [9.17, 15) is 14.3 Å². The maximum absolute atomic E-state index is 14.4. The summed E-state index contributed by atoms with van der Waals surface area (Å²) in [6.07, 6.45) is 2.77. The Balaban J connectivity index is 0.00000245. The van der Waals surface area contributed by atoms with Crippen LogP contribution in [0.3, 0.4) is 0 Å². The molecule has 2 N–H and O–H groups in total. The third-order valence-electron chi connectivity index (χ3n) is 5.21. The standard InChI is InChI=1S/C22H17FN4O4.H2/c23-17-10-14(22(29)7-8-22)4-3-13(17)12-25-20(28)16-2-1-9-24-21(16)30-15-5-6-18-19(11-15)27-31-26-18;/h1-6,9-11,29H,7-8,12H2,(H,25,28);1H. The van der Waals surface area contributed by atoms with Gasteiger partial charge in [0, 0.05) is 25.8 Å². The summed E-state index contributed by atoms with van der Waals surface area (Å²) in [5.41, 5.74) is 1.25. The van der Waals surface area contributed by atoms with Crippen LogP contribution in [0.4, 0.5) is 4.39 Å². The molecule has 0 atom stereocenters. The predicted molar refractivity (Wildman–Crippen MR) is 109 cm³/mol. The molecule has 158 valence electrons. The second-order valence-corrected chi connectivity index (χ2v) is 7.39. The topological polar surface area (TPSA) is 110 Å². The van der Waals surface area contributed by atoms with E-state index in [0.717, 1.165) is 0 Å². The molecule has 1 aliphatic rings. The molecule has 1 aliphatic carbocycles. The summed E-state index contributed by atoms with van der Waals surface area (Å²) in [6, 6.07) is 12.7. The number of nitrogens with zero attached hydrogens (tertiary/aromatic N) is 3.